The molecular formula is C83H138O17P2. The molecule has 5 unspecified atom stereocenters. The lowest BCUT2D eigenvalue weighted by atomic mass is 10.1. The largest absolute Gasteiger partial charge is 0.472 e. The van der Waals surface area contributed by atoms with Gasteiger partial charge in [-0.2, -0.15) is 0 Å². The lowest BCUT2D eigenvalue weighted by molar-refractivity contribution is -0.161. The van der Waals surface area contributed by atoms with Crippen LogP contribution in [-0.2, 0) is 65.4 Å². The van der Waals surface area contributed by atoms with Crippen molar-refractivity contribution in [2.45, 2.75) is 316 Å². The summed E-state index contributed by atoms with van der Waals surface area (Å²) in [7, 11) is -9.99. The van der Waals surface area contributed by atoms with Crippen molar-refractivity contribution in [3.63, 3.8) is 0 Å². The van der Waals surface area contributed by atoms with Gasteiger partial charge in [-0.25, -0.2) is 9.13 Å². The van der Waals surface area contributed by atoms with Gasteiger partial charge in [-0.05, 0) is 122 Å². The maximum Gasteiger partial charge on any atom is 0.472 e. The van der Waals surface area contributed by atoms with E-state index in [1.165, 1.54) is 38.5 Å². The average Bonchev–Trinajstić information content (AvgIpc) is 0.936. The number of carbonyl (C=O) groups is 4. The number of hydrogen-bond donors (Lipinski definition) is 3. The van der Waals surface area contributed by atoms with Gasteiger partial charge >= 0.3 is 39.5 Å². The van der Waals surface area contributed by atoms with Crippen LogP contribution in [0, 0.1) is 0 Å². The van der Waals surface area contributed by atoms with Crippen molar-refractivity contribution >= 4 is 39.5 Å². The number of aliphatic hydroxyl groups excluding tert-OH is 1. The molecule has 0 radical (unpaired) electrons. The maximum atomic E-state index is 13.1. The number of allylic oxidation sites excluding steroid dienone is 23. The molecule has 0 aromatic rings. The summed E-state index contributed by atoms with van der Waals surface area (Å²) in [5.41, 5.74) is 0. The van der Waals surface area contributed by atoms with E-state index in [-0.39, 0.29) is 25.7 Å². The minimum atomic E-state index is -5.01. The van der Waals surface area contributed by atoms with Gasteiger partial charge in [0.05, 0.1) is 32.8 Å². The molecule has 0 fully saturated rings. The summed E-state index contributed by atoms with van der Waals surface area (Å²) in [6, 6.07) is 0. The van der Waals surface area contributed by atoms with Crippen LogP contribution in [-0.4, -0.2) is 96.7 Å². The van der Waals surface area contributed by atoms with E-state index >= 15 is 0 Å². The number of esters is 4. The first-order valence-electron chi connectivity index (χ1n) is 39.1. The Labute approximate surface area is 617 Å². The molecule has 102 heavy (non-hydrogen) atoms. The number of unbranched alkanes of at least 4 members (excludes halogenated alkanes) is 23. The lowest BCUT2D eigenvalue weighted by Crippen LogP contribution is -2.30. The zero-order valence-corrected chi connectivity index (χ0v) is 65.3. The predicted molar refractivity (Wildman–Crippen MR) is 417 cm³/mol. The average molecular weight is 1470 g/mol. The van der Waals surface area contributed by atoms with Crippen LogP contribution in [0.5, 0.6) is 0 Å². The van der Waals surface area contributed by atoms with E-state index in [1.54, 1.807) is 12.2 Å². The molecule has 5 atom stereocenters. The predicted octanol–water partition coefficient (Wildman–Crippen LogP) is 22.7. The van der Waals surface area contributed by atoms with E-state index < -0.39 is 97.5 Å². The zero-order chi connectivity index (χ0) is 74.6. The van der Waals surface area contributed by atoms with Crippen molar-refractivity contribution in [2.24, 2.45) is 0 Å². The quantitative estimate of drug-likeness (QED) is 0.0169. The number of rotatable bonds is 72. The monoisotopic (exact) mass is 1470 g/mol. The fourth-order valence-corrected chi connectivity index (χ4v) is 11.6. The third-order valence-corrected chi connectivity index (χ3v) is 17.7. The SMILES string of the molecule is CC/C=C\C/C=C\C/C=C\C/C=C\C/C=C\CC(=O)OC(COC(=O)CCCCCCCC/C=C\C/C=C\C/C=C\C/C=C\CC)COP(=O)(O)OCC(O)COP(=O)(O)OCC(COC(=O)CCCCCCCCC/C=C\C/C=C\C/C=C\CC)OC(=O)CCCCCCCCCCCCC. The second kappa shape index (κ2) is 74.2. The van der Waals surface area contributed by atoms with Crippen LogP contribution in [0.4, 0.5) is 0 Å². The fourth-order valence-electron chi connectivity index (χ4n) is 10.0. The number of carbonyl (C=O) groups excluding carboxylic acids is 4. The molecule has 0 saturated carbocycles. The molecule has 3 N–H and O–H groups in total. The first kappa shape index (κ1) is 96.9. The highest BCUT2D eigenvalue weighted by atomic mass is 31.2. The van der Waals surface area contributed by atoms with E-state index in [0.717, 1.165) is 180 Å². The van der Waals surface area contributed by atoms with Crippen LogP contribution >= 0.6 is 15.6 Å². The minimum Gasteiger partial charge on any atom is -0.462 e. The Bertz CT molecular complexity index is 2510. The summed E-state index contributed by atoms with van der Waals surface area (Å²) in [6.07, 6.45) is 84.4. The lowest BCUT2D eigenvalue weighted by Gasteiger charge is -2.21. The van der Waals surface area contributed by atoms with Gasteiger partial charge in [-0.15, -0.1) is 0 Å². The molecule has 582 valence electrons. The first-order chi connectivity index (χ1) is 49.7. The van der Waals surface area contributed by atoms with Crippen LogP contribution in [0.1, 0.15) is 297 Å². The number of phosphoric acid groups is 2. The van der Waals surface area contributed by atoms with Gasteiger partial charge in [0.2, 0.25) is 0 Å². The molecule has 0 rings (SSSR count). The van der Waals surface area contributed by atoms with Gasteiger partial charge in [-0.3, -0.25) is 37.3 Å². The fraction of sp³-hybridized carbons (Fsp3) is 0.663. The third kappa shape index (κ3) is 73.3. The molecule has 0 spiro atoms. The Morgan fingerprint density at radius 2 is 0.549 bits per heavy atom. The highest BCUT2D eigenvalue weighted by Crippen LogP contribution is 2.45. The summed E-state index contributed by atoms with van der Waals surface area (Å²) >= 11 is 0. The van der Waals surface area contributed by atoms with Crippen molar-refractivity contribution in [2.75, 3.05) is 39.6 Å². The van der Waals surface area contributed by atoms with Crippen LogP contribution in [0.2, 0.25) is 0 Å². The van der Waals surface area contributed by atoms with Crippen molar-refractivity contribution in [1.29, 1.82) is 0 Å². The molecule has 0 aliphatic rings. The molecule has 0 amide bonds. The highest BCUT2D eigenvalue weighted by molar-refractivity contribution is 7.47. The molecule has 0 bridgehead atoms. The number of hydrogen-bond acceptors (Lipinski definition) is 15. The molecular weight excluding hydrogens is 1330 g/mol. The summed E-state index contributed by atoms with van der Waals surface area (Å²) in [5.74, 6) is -2.35. The standard InChI is InChI=1S/C83H138O17P2/c1-5-9-13-17-21-25-29-32-35-37-38-40-43-45-49-52-56-60-64-68-81(86)94-74-79(100-83(88)70-66-62-58-54-50-46-41-34-31-27-23-19-15-11-7-3)76-98-102(91,92)96-72-77(84)71-95-101(89,90)97-75-78(99-82(87)69-65-61-57-53-47-28-24-20-16-12-8-4)73-93-80(85)67-63-59-55-51-48-44-42-39-36-33-30-26-22-18-14-10-6-2/h9-11,13-15,21-23,25-27,32-36,38,40-41,50,54,62,66,77-79,84H,5-8,12,16-20,24,28-31,37,39,42-49,51-53,55-61,63-65,67-76H2,1-4H3,(H,89,90)(H,91,92)/b13-9-,14-10-,15-11-,25-21-,26-22-,27-23-,35-32-,36-33-,40-38-,41-34-,54-50-,66-62-. The number of ether oxygens (including phenoxy) is 4. The van der Waals surface area contributed by atoms with E-state index in [0.29, 0.717) is 25.7 Å². The van der Waals surface area contributed by atoms with Crippen molar-refractivity contribution in [3.05, 3.63) is 146 Å². The molecule has 19 heteroatoms. The molecule has 17 nitrogen and oxygen atoms in total. The van der Waals surface area contributed by atoms with Crippen LogP contribution < -0.4 is 0 Å². The van der Waals surface area contributed by atoms with E-state index in [2.05, 4.69) is 149 Å². The summed E-state index contributed by atoms with van der Waals surface area (Å²) in [5, 5.41) is 10.6. The van der Waals surface area contributed by atoms with Gasteiger partial charge in [0.25, 0.3) is 0 Å². The van der Waals surface area contributed by atoms with Gasteiger partial charge in [0, 0.05) is 19.3 Å². The third-order valence-electron chi connectivity index (χ3n) is 15.8. The minimum absolute atomic E-state index is 0.0893. The summed E-state index contributed by atoms with van der Waals surface area (Å²) < 4.78 is 68.4. The van der Waals surface area contributed by atoms with Crippen LogP contribution in [0.25, 0.3) is 0 Å². The Morgan fingerprint density at radius 3 is 0.873 bits per heavy atom. The highest BCUT2D eigenvalue weighted by Gasteiger charge is 2.30. The second-order valence-electron chi connectivity index (χ2n) is 25.5. The molecule has 0 saturated heterocycles. The summed E-state index contributed by atoms with van der Waals surface area (Å²) in [4.78, 5) is 72.9. The number of aliphatic hydroxyl groups is 1. The Kier molecular flexibility index (Phi) is 70.5. The number of phosphoric ester groups is 2. The van der Waals surface area contributed by atoms with E-state index in [1.807, 2.05) is 12.2 Å². The summed E-state index contributed by atoms with van der Waals surface area (Å²) in [6.45, 7) is 4.39. The van der Waals surface area contributed by atoms with Gasteiger partial charge in [-0.1, -0.05) is 296 Å². The second-order valence-corrected chi connectivity index (χ2v) is 28.4. The van der Waals surface area contributed by atoms with Crippen LogP contribution in [0.15, 0.2) is 146 Å². The maximum absolute atomic E-state index is 13.1. The van der Waals surface area contributed by atoms with Crippen molar-refractivity contribution in [3.8, 4) is 0 Å². The van der Waals surface area contributed by atoms with Gasteiger partial charge in [0.1, 0.15) is 19.3 Å². The molecule has 0 aliphatic heterocycles. The normalized spacial score (nSPS) is 14.7. The van der Waals surface area contributed by atoms with E-state index in [9.17, 15) is 43.2 Å². The van der Waals surface area contributed by atoms with Crippen molar-refractivity contribution < 1.29 is 80.2 Å². The molecule has 0 aromatic heterocycles. The van der Waals surface area contributed by atoms with E-state index in [4.69, 9.17) is 37.0 Å². The van der Waals surface area contributed by atoms with Crippen LogP contribution in [0.3, 0.4) is 0 Å². The van der Waals surface area contributed by atoms with Gasteiger partial charge < -0.3 is 33.8 Å². The molecule has 0 aliphatic carbocycles. The first-order valence-corrected chi connectivity index (χ1v) is 42.1. The topological polar surface area (TPSA) is 237 Å². The Morgan fingerprint density at radius 1 is 0.294 bits per heavy atom. The van der Waals surface area contributed by atoms with Gasteiger partial charge in [0.15, 0.2) is 12.2 Å². The smallest absolute Gasteiger partial charge is 0.462 e. The Balaban J connectivity index is 5.40. The van der Waals surface area contributed by atoms with Crippen molar-refractivity contribution in [1.82, 2.24) is 0 Å². The zero-order valence-electron chi connectivity index (χ0n) is 63.5. The Hall–Kier alpha value is -5.06. The molecule has 0 aromatic carbocycles. The molecule has 0 heterocycles.